The Kier molecular flexibility index (Phi) is 5.53. The third-order valence-electron chi connectivity index (χ3n) is 3.53. The summed E-state index contributed by atoms with van der Waals surface area (Å²) in [5.41, 5.74) is 7.47. The Bertz CT molecular complexity index is 868. The molecule has 4 nitrogen and oxygen atoms in total. The number of hydrogen-bond donors (Lipinski definition) is 1. The van der Waals surface area contributed by atoms with E-state index in [-0.39, 0.29) is 6.54 Å². The molecule has 0 aliphatic carbocycles. The van der Waals surface area contributed by atoms with Crippen LogP contribution in [-0.2, 0) is 18.5 Å². The minimum atomic E-state index is -4.47. The average Bonchev–Trinajstić information content (AvgIpc) is 2.66. The van der Waals surface area contributed by atoms with E-state index in [0.717, 1.165) is 17.8 Å². The second-order valence-electron chi connectivity index (χ2n) is 5.44. The predicted molar refractivity (Wildman–Crippen MR) is 94.2 cm³/mol. The summed E-state index contributed by atoms with van der Waals surface area (Å²) in [5.74, 6) is 0.680. The van der Waals surface area contributed by atoms with Gasteiger partial charge in [0.25, 0.3) is 0 Å². The summed E-state index contributed by atoms with van der Waals surface area (Å²) in [5, 5.41) is 0.520. The van der Waals surface area contributed by atoms with Crippen LogP contribution in [0.2, 0.25) is 0 Å². The van der Waals surface area contributed by atoms with Gasteiger partial charge in [-0.2, -0.15) is 13.2 Å². The minimum absolute atomic E-state index is 0.211. The molecule has 3 aromatic rings. The fraction of sp³-hybridized carbons (Fsp3) is 0.167. The van der Waals surface area contributed by atoms with Gasteiger partial charge in [-0.05, 0) is 23.8 Å². The summed E-state index contributed by atoms with van der Waals surface area (Å²) in [6.45, 7) is 0.211. The normalized spacial score (nSPS) is 11.5. The Morgan fingerprint density at radius 2 is 1.77 bits per heavy atom. The van der Waals surface area contributed by atoms with Crippen LogP contribution in [0.15, 0.2) is 59.9 Å². The molecular formula is C18H15F3N4S. The zero-order chi connectivity index (χ0) is 18.6. The van der Waals surface area contributed by atoms with Gasteiger partial charge in [0.2, 0.25) is 0 Å². The second-order valence-corrected chi connectivity index (χ2v) is 6.38. The van der Waals surface area contributed by atoms with Crippen LogP contribution in [0.1, 0.15) is 17.0 Å². The maximum Gasteiger partial charge on any atom is 0.433 e. The highest BCUT2D eigenvalue weighted by atomic mass is 32.2. The summed E-state index contributed by atoms with van der Waals surface area (Å²) in [7, 11) is 0. The standard InChI is InChI=1S/C18H15F3N4S/c19-18(20,21)16-7-6-13(10-23-16)15-8-14(9-22)24-17(25-15)26-11-12-4-2-1-3-5-12/h1-8,10H,9,11,22H2. The number of rotatable bonds is 5. The lowest BCUT2D eigenvalue weighted by atomic mass is 10.1. The third kappa shape index (κ3) is 4.59. The fourth-order valence-electron chi connectivity index (χ4n) is 2.23. The van der Waals surface area contributed by atoms with Crippen LogP contribution >= 0.6 is 11.8 Å². The van der Waals surface area contributed by atoms with Crippen LogP contribution in [0.5, 0.6) is 0 Å². The topological polar surface area (TPSA) is 64.7 Å². The quantitative estimate of drug-likeness (QED) is 0.531. The van der Waals surface area contributed by atoms with Crippen molar-refractivity contribution in [2.45, 2.75) is 23.6 Å². The molecule has 2 aromatic heterocycles. The number of halogens is 3. The molecule has 1 aromatic carbocycles. The molecule has 0 saturated heterocycles. The summed E-state index contributed by atoms with van der Waals surface area (Å²) in [6, 6.07) is 13.8. The SMILES string of the molecule is NCc1cc(-c2ccc(C(F)(F)F)nc2)nc(SCc2ccccc2)n1. The van der Waals surface area contributed by atoms with E-state index < -0.39 is 11.9 Å². The molecule has 8 heteroatoms. The van der Waals surface area contributed by atoms with Gasteiger partial charge < -0.3 is 5.73 Å². The van der Waals surface area contributed by atoms with Crippen LogP contribution < -0.4 is 5.73 Å². The van der Waals surface area contributed by atoms with E-state index >= 15 is 0 Å². The molecule has 2 N–H and O–H groups in total. The van der Waals surface area contributed by atoms with Crippen LogP contribution in [0.4, 0.5) is 13.2 Å². The molecule has 2 heterocycles. The largest absolute Gasteiger partial charge is 0.433 e. The minimum Gasteiger partial charge on any atom is -0.325 e. The first-order valence-corrected chi connectivity index (χ1v) is 8.72. The van der Waals surface area contributed by atoms with Crippen molar-refractivity contribution in [1.82, 2.24) is 15.0 Å². The number of pyridine rings is 1. The van der Waals surface area contributed by atoms with Crippen LogP contribution in [0, 0.1) is 0 Å². The molecule has 3 rings (SSSR count). The number of aromatic nitrogens is 3. The lowest BCUT2D eigenvalue weighted by molar-refractivity contribution is -0.141. The van der Waals surface area contributed by atoms with Crippen molar-refractivity contribution in [3.8, 4) is 11.3 Å². The van der Waals surface area contributed by atoms with E-state index in [1.54, 1.807) is 6.07 Å². The fourth-order valence-corrected chi connectivity index (χ4v) is 3.06. The number of nitrogens with zero attached hydrogens (tertiary/aromatic N) is 3. The van der Waals surface area contributed by atoms with Crippen molar-refractivity contribution >= 4 is 11.8 Å². The molecule has 0 saturated carbocycles. The van der Waals surface area contributed by atoms with Gasteiger partial charge in [-0.1, -0.05) is 42.1 Å². The monoisotopic (exact) mass is 376 g/mol. The van der Waals surface area contributed by atoms with Crippen molar-refractivity contribution in [2.75, 3.05) is 0 Å². The van der Waals surface area contributed by atoms with Crippen molar-refractivity contribution < 1.29 is 13.2 Å². The second kappa shape index (κ2) is 7.84. The maximum atomic E-state index is 12.7. The number of thioether (sulfide) groups is 1. The first-order valence-electron chi connectivity index (χ1n) is 7.74. The molecule has 0 spiro atoms. The molecule has 26 heavy (non-hydrogen) atoms. The van der Waals surface area contributed by atoms with E-state index in [4.69, 9.17) is 5.73 Å². The highest BCUT2D eigenvalue weighted by Crippen LogP contribution is 2.29. The van der Waals surface area contributed by atoms with E-state index in [1.807, 2.05) is 30.3 Å². The van der Waals surface area contributed by atoms with Gasteiger partial charge in [0.1, 0.15) is 5.69 Å². The molecule has 0 bridgehead atoms. The number of nitrogens with two attached hydrogens (primary N) is 1. The molecular weight excluding hydrogens is 361 g/mol. The lowest BCUT2D eigenvalue weighted by Gasteiger charge is -2.09. The van der Waals surface area contributed by atoms with Gasteiger partial charge in [-0.25, -0.2) is 9.97 Å². The van der Waals surface area contributed by atoms with Gasteiger partial charge in [0, 0.05) is 24.1 Å². The number of alkyl halides is 3. The Balaban J connectivity index is 1.85. The maximum absolute atomic E-state index is 12.7. The van der Waals surface area contributed by atoms with Crippen molar-refractivity contribution in [3.05, 3.63) is 71.7 Å². The van der Waals surface area contributed by atoms with Gasteiger partial charge in [-0.15, -0.1) is 0 Å². The molecule has 0 aliphatic rings. The van der Waals surface area contributed by atoms with E-state index in [1.165, 1.54) is 17.8 Å². The van der Waals surface area contributed by atoms with E-state index in [2.05, 4.69) is 15.0 Å². The smallest absolute Gasteiger partial charge is 0.325 e. The zero-order valence-corrected chi connectivity index (χ0v) is 14.4. The number of benzene rings is 1. The predicted octanol–water partition coefficient (Wildman–Crippen LogP) is 4.31. The molecule has 134 valence electrons. The van der Waals surface area contributed by atoms with E-state index in [9.17, 15) is 13.2 Å². The van der Waals surface area contributed by atoms with Crippen molar-refractivity contribution in [3.63, 3.8) is 0 Å². The Labute approximate surface area is 152 Å². The highest BCUT2D eigenvalue weighted by Gasteiger charge is 2.32. The van der Waals surface area contributed by atoms with Crippen LogP contribution in [0.3, 0.4) is 0 Å². The molecule has 0 radical (unpaired) electrons. The van der Waals surface area contributed by atoms with E-state index in [0.29, 0.717) is 27.9 Å². The molecule has 0 fully saturated rings. The molecule has 0 atom stereocenters. The summed E-state index contributed by atoms with van der Waals surface area (Å²) in [4.78, 5) is 12.3. The van der Waals surface area contributed by atoms with Gasteiger partial charge in [0.05, 0.1) is 11.4 Å². The van der Waals surface area contributed by atoms with Gasteiger partial charge in [0.15, 0.2) is 5.16 Å². The van der Waals surface area contributed by atoms with Crippen molar-refractivity contribution in [2.24, 2.45) is 5.73 Å². The number of hydrogen-bond acceptors (Lipinski definition) is 5. The summed E-state index contributed by atoms with van der Waals surface area (Å²) < 4.78 is 38.0. The molecule has 0 unspecified atom stereocenters. The van der Waals surface area contributed by atoms with Gasteiger partial charge in [-0.3, -0.25) is 4.98 Å². The van der Waals surface area contributed by atoms with Crippen LogP contribution in [0.25, 0.3) is 11.3 Å². The Hall–Kier alpha value is -2.45. The summed E-state index contributed by atoms with van der Waals surface area (Å²) >= 11 is 1.44. The first-order chi connectivity index (χ1) is 12.5. The molecule has 0 amide bonds. The molecule has 0 aliphatic heterocycles. The van der Waals surface area contributed by atoms with Gasteiger partial charge >= 0.3 is 6.18 Å². The Morgan fingerprint density at radius 1 is 1.00 bits per heavy atom. The zero-order valence-electron chi connectivity index (χ0n) is 13.6. The first kappa shape index (κ1) is 18.3. The van der Waals surface area contributed by atoms with Crippen LogP contribution in [-0.4, -0.2) is 15.0 Å². The lowest BCUT2D eigenvalue weighted by Crippen LogP contribution is -2.07. The third-order valence-corrected chi connectivity index (χ3v) is 4.45. The average molecular weight is 376 g/mol. The van der Waals surface area contributed by atoms with Crippen molar-refractivity contribution in [1.29, 1.82) is 0 Å². The highest BCUT2D eigenvalue weighted by molar-refractivity contribution is 7.98. The summed E-state index contributed by atoms with van der Waals surface area (Å²) in [6.07, 6.45) is -3.31. The Morgan fingerprint density at radius 3 is 2.38 bits per heavy atom.